The van der Waals surface area contributed by atoms with Crippen LogP contribution in [0.4, 0.5) is 5.69 Å². The summed E-state index contributed by atoms with van der Waals surface area (Å²) in [6.07, 6.45) is 0.608. The molecule has 0 aliphatic rings. The molecule has 27 heavy (non-hydrogen) atoms. The molecule has 1 aromatic carbocycles. The first-order valence-corrected chi connectivity index (χ1v) is 12.6. The van der Waals surface area contributed by atoms with Crippen LogP contribution in [0.1, 0.15) is 32.8 Å². The van der Waals surface area contributed by atoms with Gasteiger partial charge in [-0.1, -0.05) is 29.8 Å². The second-order valence-electron chi connectivity index (χ2n) is 6.93. The summed E-state index contributed by atoms with van der Waals surface area (Å²) >= 11 is 3.49. The van der Waals surface area contributed by atoms with Crippen LogP contribution < -0.4 is 4.90 Å². The van der Waals surface area contributed by atoms with Gasteiger partial charge in [-0.3, -0.25) is 4.79 Å². The van der Waals surface area contributed by atoms with Gasteiger partial charge >= 0.3 is 0 Å². The lowest BCUT2D eigenvalue weighted by Gasteiger charge is -2.34. The van der Waals surface area contributed by atoms with E-state index in [9.17, 15) is 4.79 Å². The number of ether oxygens (including phenoxy) is 1. The predicted molar refractivity (Wildman–Crippen MR) is 115 cm³/mol. The van der Waals surface area contributed by atoms with E-state index < -0.39 is 0 Å². The molecule has 0 heterocycles. The molecule has 1 rings (SSSR count). The second-order valence-corrected chi connectivity index (χ2v) is 9.07. The SMILES string of the molecule is C[Si]OC(O[Si]C)C(C)(C)CCOCCN(C(C)=O)c1ccc(Br)c(C)c1. The fourth-order valence-corrected chi connectivity index (χ4v) is 4.04. The first-order chi connectivity index (χ1) is 12.7. The Hall–Kier alpha value is -0.516. The van der Waals surface area contributed by atoms with Crippen LogP contribution >= 0.6 is 15.9 Å². The second kappa shape index (κ2) is 12.1. The number of amides is 1. The lowest BCUT2D eigenvalue weighted by molar-refractivity contribution is -0.116. The third-order valence-corrected chi connectivity index (χ3v) is 6.06. The van der Waals surface area contributed by atoms with Crippen molar-refractivity contribution in [1.82, 2.24) is 0 Å². The summed E-state index contributed by atoms with van der Waals surface area (Å²) in [4.78, 5) is 13.8. The van der Waals surface area contributed by atoms with E-state index in [0.29, 0.717) is 39.3 Å². The Morgan fingerprint density at radius 1 is 1.22 bits per heavy atom. The molecule has 150 valence electrons. The summed E-state index contributed by atoms with van der Waals surface area (Å²) in [7, 11) is 0.787. The van der Waals surface area contributed by atoms with Crippen molar-refractivity contribution in [1.29, 1.82) is 0 Å². The number of benzene rings is 1. The van der Waals surface area contributed by atoms with E-state index in [1.165, 1.54) is 0 Å². The number of hydrogen-bond acceptors (Lipinski definition) is 4. The minimum atomic E-state index is -0.216. The minimum absolute atomic E-state index is 0.00962. The number of carbonyl (C=O) groups excluding carboxylic acids is 1. The molecule has 0 atom stereocenters. The summed E-state index contributed by atoms with van der Waals surface area (Å²) in [6.45, 7) is 13.5. The van der Waals surface area contributed by atoms with Crippen LogP contribution in [0, 0.1) is 12.3 Å². The number of halogens is 1. The van der Waals surface area contributed by atoms with Crippen molar-refractivity contribution >= 4 is 47.1 Å². The number of carbonyl (C=O) groups is 1. The van der Waals surface area contributed by atoms with E-state index in [1.807, 2.05) is 38.2 Å². The van der Waals surface area contributed by atoms with Gasteiger partial charge in [-0.2, -0.15) is 0 Å². The number of anilines is 1. The van der Waals surface area contributed by atoms with Crippen LogP contribution in [-0.2, 0) is 18.4 Å². The van der Waals surface area contributed by atoms with Crippen LogP contribution in [0.3, 0.4) is 0 Å². The van der Waals surface area contributed by atoms with Gasteiger partial charge in [0, 0.05) is 35.7 Å². The van der Waals surface area contributed by atoms with Crippen molar-refractivity contribution in [3.63, 3.8) is 0 Å². The van der Waals surface area contributed by atoms with E-state index in [4.69, 9.17) is 13.6 Å². The monoisotopic (exact) mass is 471 g/mol. The van der Waals surface area contributed by atoms with Gasteiger partial charge in [0.2, 0.25) is 25.4 Å². The molecule has 1 aromatic rings. The Labute approximate surface area is 177 Å². The molecule has 5 nitrogen and oxygen atoms in total. The maximum absolute atomic E-state index is 12.0. The normalized spacial score (nSPS) is 11.9. The molecule has 1 amide bonds. The highest BCUT2D eigenvalue weighted by atomic mass is 79.9. The van der Waals surface area contributed by atoms with E-state index in [-0.39, 0.29) is 17.6 Å². The highest BCUT2D eigenvalue weighted by molar-refractivity contribution is 9.10. The molecule has 4 radical (unpaired) electrons. The number of rotatable bonds is 12. The molecular weight excluding hydrogens is 442 g/mol. The quantitative estimate of drug-likeness (QED) is 0.259. The molecular formula is C19H30BrNO4Si2. The van der Waals surface area contributed by atoms with Crippen molar-refractivity contribution in [3.05, 3.63) is 28.2 Å². The highest BCUT2D eigenvalue weighted by Crippen LogP contribution is 2.28. The summed E-state index contributed by atoms with van der Waals surface area (Å²) in [5.74, 6) is 0.00962. The van der Waals surface area contributed by atoms with Gasteiger partial charge in [-0.25, -0.2) is 0 Å². The van der Waals surface area contributed by atoms with Crippen molar-refractivity contribution in [3.8, 4) is 0 Å². The van der Waals surface area contributed by atoms with Gasteiger partial charge in [0.25, 0.3) is 0 Å². The summed E-state index contributed by atoms with van der Waals surface area (Å²) in [5.41, 5.74) is 1.86. The fourth-order valence-electron chi connectivity index (χ4n) is 2.53. The van der Waals surface area contributed by atoms with Gasteiger partial charge < -0.3 is 18.5 Å². The minimum Gasteiger partial charge on any atom is -0.394 e. The van der Waals surface area contributed by atoms with Crippen molar-refractivity contribution < 1.29 is 18.4 Å². The van der Waals surface area contributed by atoms with Crippen LogP contribution in [0.2, 0.25) is 13.1 Å². The maximum atomic E-state index is 12.0. The fraction of sp³-hybridized carbons (Fsp3) is 0.632. The Bertz CT molecular complexity index is 595. The molecule has 0 aliphatic carbocycles. The van der Waals surface area contributed by atoms with Crippen molar-refractivity contribution in [2.24, 2.45) is 5.41 Å². The third kappa shape index (κ3) is 8.17. The Morgan fingerprint density at radius 3 is 2.37 bits per heavy atom. The van der Waals surface area contributed by atoms with Gasteiger partial charge in [0.15, 0.2) is 0 Å². The average molecular weight is 473 g/mol. The van der Waals surface area contributed by atoms with E-state index in [1.54, 1.807) is 11.8 Å². The van der Waals surface area contributed by atoms with Gasteiger partial charge in [-0.15, -0.1) is 0 Å². The third-order valence-electron chi connectivity index (χ3n) is 4.27. The zero-order valence-corrected chi connectivity index (χ0v) is 20.7. The molecule has 0 aliphatic heterocycles. The molecule has 0 saturated carbocycles. The number of nitrogens with zero attached hydrogens (tertiary/aromatic N) is 1. The van der Waals surface area contributed by atoms with Crippen LogP contribution in [-0.4, -0.2) is 51.5 Å². The van der Waals surface area contributed by atoms with Gasteiger partial charge in [0.1, 0.15) is 6.29 Å². The summed E-state index contributed by atoms with van der Waals surface area (Å²) in [5, 5.41) is 0. The van der Waals surface area contributed by atoms with Gasteiger partial charge in [0.05, 0.1) is 6.61 Å². The number of aryl methyl sites for hydroxylation is 1. The molecule has 0 fully saturated rings. The molecule has 0 aromatic heterocycles. The summed E-state index contributed by atoms with van der Waals surface area (Å²) in [6, 6.07) is 5.91. The standard InChI is InChI=1S/C19H30BrNO4Si2/c1-14-13-16(7-8-17(14)20)21(15(2)22)10-12-23-11-9-19(3,4)18(24-26-5)25-27-6/h7-8,13,18H,9-12H2,1-6H3. The molecule has 0 unspecified atom stereocenters. The van der Waals surface area contributed by atoms with Crippen LogP contribution in [0.15, 0.2) is 22.7 Å². The molecule has 8 heteroatoms. The Balaban J connectivity index is 2.52. The topological polar surface area (TPSA) is 48.0 Å². The molecule has 0 bridgehead atoms. The zero-order valence-electron chi connectivity index (χ0n) is 17.1. The lowest BCUT2D eigenvalue weighted by Crippen LogP contribution is -2.37. The Morgan fingerprint density at radius 2 is 1.85 bits per heavy atom. The Kier molecular flexibility index (Phi) is 11.0. The van der Waals surface area contributed by atoms with E-state index in [2.05, 4.69) is 29.8 Å². The van der Waals surface area contributed by atoms with E-state index >= 15 is 0 Å². The van der Waals surface area contributed by atoms with Crippen molar-refractivity contribution in [2.45, 2.75) is 53.5 Å². The molecule has 0 saturated heterocycles. The first-order valence-electron chi connectivity index (χ1n) is 8.99. The predicted octanol–water partition coefficient (Wildman–Crippen LogP) is 4.24. The van der Waals surface area contributed by atoms with Crippen molar-refractivity contribution in [2.75, 3.05) is 24.7 Å². The zero-order chi connectivity index (χ0) is 20.4. The lowest BCUT2D eigenvalue weighted by atomic mass is 9.89. The average Bonchev–Trinajstić information content (AvgIpc) is 2.60. The largest absolute Gasteiger partial charge is 0.394 e. The summed E-state index contributed by atoms with van der Waals surface area (Å²) < 4.78 is 18.4. The smallest absolute Gasteiger partial charge is 0.229 e. The molecule has 0 N–H and O–H groups in total. The van der Waals surface area contributed by atoms with Crippen LogP contribution in [0.5, 0.6) is 0 Å². The first kappa shape index (κ1) is 24.5. The van der Waals surface area contributed by atoms with Crippen LogP contribution in [0.25, 0.3) is 0 Å². The molecule has 0 spiro atoms. The number of hydrogen-bond donors (Lipinski definition) is 0. The maximum Gasteiger partial charge on any atom is 0.229 e. The van der Waals surface area contributed by atoms with E-state index in [0.717, 1.165) is 22.1 Å². The highest BCUT2D eigenvalue weighted by Gasteiger charge is 2.30. The van der Waals surface area contributed by atoms with Gasteiger partial charge in [-0.05, 0) is 50.2 Å².